The number of ketones is 1. The standard InChI is InChI=1S/C14H18ClNO3S/c1-10(2)14(17)12-7-5-9-16(12)20(18,19)13-8-4-3-6-11(13)15/h3-4,6,8,10,12H,5,7,9H2,1-2H3. The summed E-state index contributed by atoms with van der Waals surface area (Å²) in [5, 5.41) is 0.190. The summed E-state index contributed by atoms with van der Waals surface area (Å²) in [5.74, 6) is -0.208. The maximum Gasteiger partial charge on any atom is 0.245 e. The fraction of sp³-hybridized carbons (Fsp3) is 0.500. The normalized spacial score (nSPS) is 20.5. The molecule has 20 heavy (non-hydrogen) atoms. The number of carbonyl (C=O) groups excluding carboxylic acids is 1. The summed E-state index contributed by atoms with van der Waals surface area (Å²) in [4.78, 5) is 12.3. The summed E-state index contributed by atoms with van der Waals surface area (Å²) in [5.41, 5.74) is 0. The Labute approximate surface area is 124 Å². The first-order chi connectivity index (χ1) is 9.35. The van der Waals surface area contributed by atoms with Gasteiger partial charge in [-0.25, -0.2) is 8.42 Å². The highest BCUT2D eigenvalue weighted by Crippen LogP contribution is 2.31. The van der Waals surface area contributed by atoms with E-state index in [2.05, 4.69) is 0 Å². The highest BCUT2D eigenvalue weighted by molar-refractivity contribution is 7.89. The first kappa shape index (κ1) is 15.5. The molecule has 1 heterocycles. The van der Waals surface area contributed by atoms with E-state index < -0.39 is 16.1 Å². The van der Waals surface area contributed by atoms with Crippen molar-refractivity contribution in [1.29, 1.82) is 0 Å². The zero-order chi connectivity index (χ0) is 14.9. The largest absolute Gasteiger partial charge is 0.298 e. The van der Waals surface area contributed by atoms with Crippen molar-refractivity contribution < 1.29 is 13.2 Å². The summed E-state index contributed by atoms with van der Waals surface area (Å²) in [7, 11) is -3.72. The Morgan fingerprint density at radius 2 is 2.00 bits per heavy atom. The Morgan fingerprint density at radius 1 is 1.35 bits per heavy atom. The minimum absolute atomic E-state index is 0.0295. The molecule has 1 aliphatic rings. The van der Waals surface area contributed by atoms with Crippen LogP contribution in [0.2, 0.25) is 5.02 Å². The van der Waals surface area contributed by atoms with E-state index >= 15 is 0 Å². The lowest BCUT2D eigenvalue weighted by Crippen LogP contribution is -2.42. The number of carbonyl (C=O) groups is 1. The molecule has 0 saturated carbocycles. The quantitative estimate of drug-likeness (QED) is 0.858. The SMILES string of the molecule is CC(C)C(=O)C1CCCN1S(=O)(=O)c1ccccc1Cl. The van der Waals surface area contributed by atoms with Gasteiger partial charge >= 0.3 is 0 Å². The molecular weight excluding hydrogens is 298 g/mol. The van der Waals surface area contributed by atoms with Gasteiger partial charge in [0.2, 0.25) is 10.0 Å². The van der Waals surface area contributed by atoms with E-state index in [0.717, 1.165) is 0 Å². The lowest BCUT2D eigenvalue weighted by Gasteiger charge is -2.24. The van der Waals surface area contributed by atoms with Gasteiger partial charge in [-0.3, -0.25) is 4.79 Å². The van der Waals surface area contributed by atoms with Crippen molar-refractivity contribution in [2.45, 2.75) is 37.6 Å². The van der Waals surface area contributed by atoms with E-state index in [4.69, 9.17) is 11.6 Å². The minimum Gasteiger partial charge on any atom is -0.298 e. The van der Waals surface area contributed by atoms with Gasteiger partial charge in [-0.15, -0.1) is 0 Å². The molecule has 1 fully saturated rings. The van der Waals surface area contributed by atoms with Crippen LogP contribution >= 0.6 is 11.6 Å². The first-order valence-electron chi connectivity index (χ1n) is 6.66. The zero-order valence-electron chi connectivity index (χ0n) is 11.5. The molecule has 1 saturated heterocycles. The maximum atomic E-state index is 12.7. The fourth-order valence-corrected chi connectivity index (χ4v) is 4.64. The monoisotopic (exact) mass is 315 g/mol. The molecule has 2 rings (SSSR count). The van der Waals surface area contributed by atoms with E-state index in [1.807, 2.05) is 0 Å². The summed E-state index contributed by atoms with van der Waals surface area (Å²) in [6, 6.07) is 5.78. The van der Waals surface area contributed by atoms with Crippen LogP contribution in [-0.4, -0.2) is 31.1 Å². The van der Waals surface area contributed by atoms with Crippen LogP contribution < -0.4 is 0 Å². The molecule has 0 radical (unpaired) electrons. The number of hydrogen-bond acceptors (Lipinski definition) is 3. The van der Waals surface area contributed by atoms with Crippen molar-refractivity contribution in [2.24, 2.45) is 5.92 Å². The van der Waals surface area contributed by atoms with Gasteiger partial charge in [-0.1, -0.05) is 37.6 Å². The average Bonchev–Trinajstić information content (AvgIpc) is 2.87. The van der Waals surface area contributed by atoms with Gasteiger partial charge in [-0.05, 0) is 25.0 Å². The molecule has 1 aromatic rings. The molecule has 0 aliphatic carbocycles. The van der Waals surface area contributed by atoms with Crippen molar-refractivity contribution in [3.8, 4) is 0 Å². The molecule has 0 amide bonds. The molecule has 0 bridgehead atoms. The van der Waals surface area contributed by atoms with Gasteiger partial charge in [0.05, 0.1) is 11.1 Å². The van der Waals surface area contributed by atoms with Crippen LogP contribution in [0.3, 0.4) is 0 Å². The summed E-state index contributed by atoms with van der Waals surface area (Å²) < 4.78 is 26.7. The molecule has 0 N–H and O–H groups in total. The van der Waals surface area contributed by atoms with Gasteiger partial charge in [0, 0.05) is 12.5 Å². The smallest absolute Gasteiger partial charge is 0.245 e. The third-order valence-corrected chi connectivity index (χ3v) is 5.93. The van der Waals surface area contributed by atoms with Crippen molar-refractivity contribution in [2.75, 3.05) is 6.54 Å². The van der Waals surface area contributed by atoms with E-state index in [-0.39, 0.29) is 21.6 Å². The second-order valence-electron chi connectivity index (χ2n) is 5.26. The number of halogens is 1. The maximum absolute atomic E-state index is 12.7. The lowest BCUT2D eigenvalue weighted by molar-refractivity contribution is -0.125. The Kier molecular flexibility index (Phi) is 4.52. The molecule has 1 aliphatic heterocycles. The molecule has 0 spiro atoms. The van der Waals surface area contributed by atoms with E-state index in [0.29, 0.717) is 19.4 Å². The number of rotatable bonds is 4. The van der Waals surface area contributed by atoms with E-state index in [1.165, 1.54) is 10.4 Å². The summed E-state index contributed by atoms with van der Waals surface area (Å²) in [6.45, 7) is 3.96. The van der Waals surface area contributed by atoms with Crippen LogP contribution in [0.1, 0.15) is 26.7 Å². The molecule has 1 unspecified atom stereocenters. The summed E-state index contributed by atoms with van der Waals surface area (Å²) in [6.07, 6.45) is 1.29. The number of sulfonamides is 1. The van der Waals surface area contributed by atoms with Crippen molar-refractivity contribution in [3.63, 3.8) is 0 Å². The molecular formula is C14H18ClNO3S. The van der Waals surface area contributed by atoms with Gasteiger partial charge in [0.15, 0.2) is 5.78 Å². The van der Waals surface area contributed by atoms with Gasteiger partial charge < -0.3 is 0 Å². The molecule has 4 nitrogen and oxygen atoms in total. The van der Waals surface area contributed by atoms with Crippen molar-refractivity contribution in [1.82, 2.24) is 4.31 Å². The first-order valence-corrected chi connectivity index (χ1v) is 8.47. The predicted molar refractivity (Wildman–Crippen MR) is 78.2 cm³/mol. The number of benzene rings is 1. The zero-order valence-corrected chi connectivity index (χ0v) is 13.1. The minimum atomic E-state index is -3.72. The lowest BCUT2D eigenvalue weighted by atomic mass is 10.0. The summed E-state index contributed by atoms with van der Waals surface area (Å²) >= 11 is 5.99. The molecule has 1 atom stereocenters. The van der Waals surface area contributed by atoms with Crippen LogP contribution in [-0.2, 0) is 14.8 Å². The molecule has 110 valence electrons. The Bertz CT molecular complexity index is 613. The Hall–Kier alpha value is -0.910. The number of Topliss-reactive ketones (excluding diaryl/α,β-unsaturated/α-hetero) is 1. The Morgan fingerprint density at radius 3 is 2.60 bits per heavy atom. The van der Waals surface area contributed by atoms with Gasteiger partial charge in [0.25, 0.3) is 0 Å². The van der Waals surface area contributed by atoms with Crippen molar-refractivity contribution >= 4 is 27.4 Å². The molecule has 6 heteroatoms. The van der Waals surface area contributed by atoms with Crippen LogP contribution in [0.4, 0.5) is 0 Å². The van der Waals surface area contributed by atoms with Gasteiger partial charge in [0.1, 0.15) is 4.90 Å². The van der Waals surface area contributed by atoms with E-state index in [1.54, 1.807) is 32.0 Å². The van der Waals surface area contributed by atoms with E-state index in [9.17, 15) is 13.2 Å². The van der Waals surface area contributed by atoms with Crippen LogP contribution in [0.25, 0.3) is 0 Å². The second kappa shape index (κ2) is 5.84. The number of nitrogens with zero attached hydrogens (tertiary/aromatic N) is 1. The third-order valence-electron chi connectivity index (χ3n) is 3.52. The van der Waals surface area contributed by atoms with Gasteiger partial charge in [-0.2, -0.15) is 4.31 Å². The number of hydrogen-bond donors (Lipinski definition) is 0. The van der Waals surface area contributed by atoms with Crippen molar-refractivity contribution in [3.05, 3.63) is 29.3 Å². The second-order valence-corrected chi connectivity index (χ2v) is 7.53. The predicted octanol–water partition coefficient (Wildman–Crippen LogP) is 2.72. The Balaban J connectivity index is 2.39. The average molecular weight is 316 g/mol. The van der Waals surface area contributed by atoms with Crippen LogP contribution in [0.15, 0.2) is 29.2 Å². The van der Waals surface area contributed by atoms with Crippen LogP contribution in [0, 0.1) is 5.92 Å². The van der Waals surface area contributed by atoms with Crippen LogP contribution in [0.5, 0.6) is 0 Å². The topological polar surface area (TPSA) is 54.5 Å². The highest BCUT2D eigenvalue weighted by Gasteiger charge is 2.40. The molecule has 1 aromatic carbocycles. The highest BCUT2D eigenvalue weighted by atomic mass is 35.5. The third kappa shape index (κ3) is 2.75. The fourth-order valence-electron chi connectivity index (χ4n) is 2.48. The molecule has 0 aromatic heterocycles.